The third kappa shape index (κ3) is 4.03. The van der Waals surface area contributed by atoms with E-state index < -0.39 is 0 Å². The van der Waals surface area contributed by atoms with E-state index in [1.165, 1.54) is 25.4 Å². The number of para-hydroxylation sites is 2. The quantitative estimate of drug-likeness (QED) is 0.829. The van der Waals surface area contributed by atoms with E-state index >= 15 is 0 Å². The van der Waals surface area contributed by atoms with Gasteiger partial charge in [0.2, 0.25) is 0 Å². The van der Waals surface area contributed by atoms with Crippen molar-refractivity contribution in [2.75, 3.05) is 19.0 Å². The van der Waals surface area contributed by atoms with Crippen LogP contribution in [0.4, 0.5) is 5.13 Å². The highest BCUT2D eigenvalue weighted by molar-refractivity contribution is 7.14. The predicted octanol–water partition coefficient (Wildman–Crippen LogP) is 2.37. The van der Waals surface area contributed by atoms with E-state index in [2.05, 4.69) is 10.3 Å². The molecule has 0 unspecified atom stereocenters. The van der Waals surface area contributed by atoms with E-state index in [4.69, 9.17) is 9.47 Å². The lowest BCUT2D eigenvalue weighted by molar-refractivity contribution is -0.118. The molecule has 6 nitrogen and oxygen atoms in total. The molecule has 0 saturated heterocycles. The van der Waals surface area contributed by atoms with Gasteiger partial charge in [-0.15, -0.1) is 11.3 Å². The van der Waals surface area contributed by atoms with Crippen molar-refractivity contribution in [2.45, 2.75) is 6.92 Å². The lowest BCUT2D eigenvalue weighted by atomic mass is 10.3. The monoisotopic (exact) mass is 306 g/mol. The van der Waals surface area contributed by atoms with Gasteiger partial charge in [-0.2, -0.15) is 0 Å². The normalized spacial score (nSPS) is 10.0. The van der Waals surface area contributed by atoms with Gasteiger partial charge in [-0.05, 0) is 12.1 Å². The summed E-state index contributed by atoms with van der Waals surface area (Å²) in [6.07, 6.45) is 0. The number of nitrogens with one attached hydrogen (secondary N) is 1. The summed E-state index contributed by atoms with van der Waals surface area (Å²) in [5.74, 6) is 0.541. The third-order valence-corrected chi connectivity index (χ3v) is 3.30. The molecule has 1 amide bonds. The Hall–Kier alpha value is -2.41. The minimum Gasteiger partial charge on any atom is -0.493 e. The van der Waals surface area contributed by atoms with E-state index in [1.807, 2.05) is 6.07 Å². The smallest absolute Gasteiger partial charge is 0.264 e. The highest BCUT2D eigenvalue weighted by atomic mass is 32.1. The largest absolute Gasteiger partial charge is 0.493 e. The molecule has 1 aromatic heterocycles. The average molecular weight is 306 g/mol. The number of carbonyl (C=O) groups is 2. The molecule has 0 aliphatic rings. The highest BCUT2D eigenvalue weighted by Gasteiger charge is 2.10. The van der Waals surface area contributed by atoms with Crippen LogP contribution in [-0.2, 0) is 4.79 Å². The summed E-state index contributed by atoms with van der Waals surface area (Å²) in [6, 6.07) is 7.05. The Labute approximate surface area is 125 Å². The number of hydrogen-bond acceptors (Lipinski definition) is 6. The molecule has 0 spiro atoms. The van der Waals surface area contributed by atoms with Crippen molar-refractivity contribution in [1.29, 1.82) is 0 Å². The van der Waals surface area contributed by atoms with Crippen LogP contribution in [0.1, 0.15) is 17.4 Å². The van der Waals surface area contributed by atoms with Gasteiger partial charge in [0.1, 0.15) is 5.69 Å². The average Bonchev–Trinajstić information content (AvgIpc) is 2.94. The van der Waals surface area contributed by atoms with Crippen LogP contribution >= 0.6 is 11.3 Å². The zero-order chi connectivity index (χ0) is 15.2. The number of anilines is 1. The standard InChI is InChI=1S/C14H14N2O4S/c1-9(17)10-8-21-14(15-10)16-13(18)7-20-12-6-4-3-5-11(12)19-2/h3-6,8H,7H2,1-2H3,(H,15,16,18). The van der Waals surface area contributed by atoms with Gasteiger partial charge in [0, 0.05) is 12.3 Å². The molecule has 2 aromatic rings. The summed E-state index contributed by atoms with van der Waals surface area (Å²) in [5.41, 5.74) is 0.334. The number of Topliss-reactive ketones (excluding diaryl/α,β-unsaturated/α-hetero) is 1. The first kappa shape index (κ1) is 15.0. The van der Waals surface area contributed by atoms with E-state index in [0.717, 1.165) is 0 Å². The number of hydrogen-bond donors (Lipinski definition) is 1. The van der Waals surface area contributed by atoms with Gasteiger partial charge >= 0.3 is 0 Å². The second-order valence-electron chi connectivity index (χ2n) is 4.08. The Morgan fingerprint density at radius 1 is 1.29 bits per heavy atom. The van der Waals surface area contributed by atoms with Gasteiger partial charge in [-0.1, -0.05) is 12.1 Å². The van der Waals surface area contributed by atoms with Crippen LogP contribution in [0.15, 0.2) is 29.6 Å². The predicted molar refractivity (Wildman–Crippen MR) is 79.2 cm³/mol. The Balaban J connectivity index is 1.91. The summed E-state index contributed by atoms with van der Waals surface area (Å²) in [5, 5.41) is 4.54. The molecule has 0 saturated carbocycles. The zero-order valence-electron chi connectivity index (χ0n) is 11.6. The molecule has 7 heteroatoms. The minimum absolute atomic E-state index is 0.142. The van der Waals surface area contributed by atoms with Gasteiger partial charge in [-0.25, -0.2) is 4.98 Å². The number of nitrogens with zero attached hydrogens (tertiary/aromatic N) is 1. The maximum atomic E-state index is 11.8. The van der Waals surface area contributed by atoms with Gasteiger partial charge in [-0.3, -0.25) is 14.9 Å². The van der Waals surface area contributed by atoms with Crippen molar-refractivity contribution in [2.24, 2.45) is 0 Å². The van der Waals surface area contributed by atoms with Crippen LogP contribution < -0.4 is 14.8 Å². The molecule has 2 rings (SSSR count). The van der Waals surface area contributed by atoms with E-state index in [1.54, 1.807) is 23.6 Å². The molecule has 110 valence electrons. The van der Waals surface area contributed by atoms with Crippen molar-refractivity contribution >= 4 is 28.2 Å². The first-order valence-electron chi connectivity index (χ1n) is 6.12. The number of methoxy groups -OCH3 is 1. The third-order valence-electron chi connectivity index (χ3n) is 2.54. The van der Waals surface area contributed by atoms with Crippen LogP contribution in [0.25, 0.3) is 0 Å². The topological polar surface area (TPSA) is 77.5 Å². The summed E-state index contributed by atoms with van der Waals surface area (Å²) in [6.45, 7) is 1.25. The molecule has 1 heterocycles. The van der Waals surface area contributed by atoms with E-state index in [9.17, 15) is 9.59 Å². The van der Waals surface area contributed by atoms with Crippen molar-refractivity contribution in [3.05, 3.63) is 35.3 Å². The molecular formula is C14H14N2O4S. The maximum absolute atomic E-state index is 11.8. The summed E-state index contributed by atoms with van der Waals surface area (Å²) >= 11 is 1.19. The van der Waals surface area contributed by atoms with Crippen LogP contribution in [-0.4, -0.2) is 30.4 Å². The molecule has 0 atom stereocenters. The number of amides is 1. The lowest BCUT2D eigenvalue weighted by Crippen LogP contribution is -2.20. The Morgan fingerprint density at radius 2 is 2.00 bits per heavy atom. The second kappa shape index (κ2) is 6.85. The second-order valence-corrected chi connectivity index (χ2v) is 4.94. The molecule has 0 aliphatic heterocycles. The van der Waals surface area contributed by atoms with Gasteiger partial charge in [0.15, 0.2) is 29.0 Å². The molecule has 21 heavy (non-hydrogen) atoms. The number of rotatable bonds is 6. The summed E-state index contributed by atoms with van der Waals surface area (Å²) in [7, 11) is 1.53. The van der Waals surface area contributed by atoms with E-state index in [0.29, 0.717) is 22.3 Å². The molecular weight excluding hydrogens is 292 g/mol. The Morgan fingerprint density at radius 3 is 2.62 bits per heavy atom. The van der Waals surface area contributed by atoms with Crippen LogP contribution in [0.2, 0.25) is 0 Å². The summed E-state index contributed by atoms with van der Waals surface area (Å²) in [4.78, 5) is 26.9. The zero-order valence-corrected chi connectivity index (χ0v) is 12.4. The number of thiazole rings is 1. The number of benzene rings is 1. The number of ketones is 1. The van der Waals surface area contributed by atoms with Crippen molar-refractivity contribution in [3.63, 3.8) is 0 Å². The molecule has 0 aliphatic carbocycles. The van der Waals surface area contributed by atoms with Gasteiger partial charge < -0.3 is 9.47 Å². The number of aromatic nitrogens is 1. The first-order valence-corrected chi connectivity index (χ1v) is 7.00. The van der Waals surface area contributed by atoms with Crippen molar-refractivity contribution < 1.29 is 19.1 Å². The minimum atomic E-state index is -0.356. The molecule has 1 N–H and O–H groups in total. The fraction of sp³-hybridized carbons (Fsp3) is 0.214. The maximum Gasteiger partial charge on any atom is 0.264 e. The van der Waals surface area contributed by atoms with Crippen molar-refractivity contribution in [3.8, 4) is 11.5 Å². The number of carbonyl (C=O) groups excluding carboxylic acids is 2. The van der Waals surface area contributed by atoms with Crippen LogP contribution in [0.5, 0.6) is 11.5 Å². The first-order chi connectivity index (χ1) is 10.1. The summed E-state index contributed by atoms with van der Waals surface area (Å²) < 4.78 is 10.5. The van der Waals surface area contributed by atoms with E-state index in [-0.39, 0.29) is 18.3 Å². The Bertz CT molecular complexity index is 654. The van der Waals surface area contributed by atoms with Gasteiger partial charge in [0.05, 0.1) is 7.11 Å². The van der Waals surface area contributed by atoms with Crippen LogP contribution in [0, 0.1) is 0 Å². The van der Waals surface area contributed by atoms with Crippen molar-refractivity contribution in [1.82, 2.24) is 4.98 Å². The Kier molecular flexibility index (Phi) is 4.89. The fourth-order valence-corrected chi connectivity index (χ4v) is 2.30. The number of ether oxygens (including phenoxy) is 2. The molecule has 0 radical (unpaired) electrons. The molecule has 0 fully saturated rings. The lowest BCUT2D eigenvalue weighted by Gasteiger charge is -2.09. The fourth-order valence-electron chi connectivity index (χ4n) is 1.53. The van der Waals surface area contributed by atoms with Crippen LogP contribution in [0.3, 0.4) is 0 Å². The molecule has 0 bridgehead atoms. The van der Waals surface area contributed by atoms with Gasteiger partial charge in [0.25, 0.3) is 5.91 Å². The molecule has 1 aromatic carbocycles. The SMILES string of the molecule is COc1ccccc1OCC(=O)Nc1nc(C(C)=O)cs1. The highest BCUT2D eigenvalue weighted by Crippen LogP contribution is 2.25.